The molecule has 5 heteroatoms. The predicted molar refractivity (Wildman–Crippen MR) is 78.8 cm³/mol. The van der Waals surface area contributed by atoms with Gasteiger partial charge in [0.2, 0.25) is 5.91 Å². The van der Waals surface area contributed by atoms with E-state index in [4.69, 9.17) is 0 Å². The summed E-state index contributed by atoms with van der Waals surface area (Å²) in [6.45, 7) is 3.42. The van der Waals surface area contributed by atoms with E-state index in [1.54, 1.807) is 23.4 Å². The van der Waals surface area contributed by atoms with E-state index in [-0.39, 0.29) is 23.8 Å². The SMILES string of the molecule is CCc1cnccc1C(=O)N1CCC[C@H]2C(=O)N(C)C[C@H]21. The number of likely N-dealkylation sites (N-methyl/N-ethyl adjacent to an activating group) is 1. The highest BCUT2D eigenvalue weighted by Crippen LogP contribution is 2.32. The van der Waals surface area contributed by atoms with Gasteiger partial charge in [-0.05, 0) is 30.9 Å². The molecule has 0 aromatic carbocycles. The Morgan fingerprint density at radius 2 is 2.29 bits per heavy atom. The fourth-order valence-corrected chi connectivity index (χ4v) is 3.55. The molecule has 2 saturated heterocycles. The van der Waals surface area contributed by atoms with Crippen molar-refractivity contribution in [1.29, 1.82) is 0 Å². The van der Waals surface area contributed by atoms with Crippen LogP contribution in [0.4, 0.5) is 0 Å². The lowest BCUT2D eigenvalue weighted by Crippen LogP contribution is -2.48. The van der Waals surface area contributed by atoms with E-state index in [2.05, 4.69) is 4.98 Å². The highest BCUT2D eigenvalue weighted by atomic mass is 16.2. The Kier molecular flexibility index (Phi) is 3.66. The Morgan fingerprint density at radius 1 is 1.48 bits per heavy atom. The summed E-state index contributed by atoms with van der Waals surface area (Å²) in [5, 5.41) is 0. The van der Waals surface area contributed by atoms with E-state index in [9.17, 15) is 9.59 Å². The first kappa shape index (κ1) is 14.0. The largest absolute Gasteiger partial charge is 0.343 e. The minimum absolute atomic E-state index is 0.0142. The number of hydrogen-bond donors (Lipinski definition) is 0. The van der Waals surface area contributed by atoms with Gasteiger partial charge in [0.25, 0.3) is 5.91 Å². The predicted octanol–water partition coefficient (Wildman–Crippen LogP) is 1.34. The molecule has 112 valence electrons. The Balaban J connectivity index is 1.89. The van der Waals surface area contributed by atoms with Crippen LogP contribution >= 0.6 is 0 Å². The summed E-state index contributed by atoms with van der Waals surface area (Å²) in [4.78, 5) is 32.8. The number of aromatic nitrogens is 1. The standard InChI is InChI=1S/C16H21N3O2/c1-3-11-9-17-7-6-12(11)16(21)19-8-4-5-13-14(19)10-18(2)15(13)20/h6-7,9,13-14H,3-5,8,10H2,1-2H3/t13-,14-/m1/s1. The van der Waals surface area contributed by atoms with E-state index in [0.29, 0.717) is 6.54 Å². The third-order valence-corrected chi connectivity index (χ3v) is 4.71. The molecular weight excluding hydrogens is 266 g/mol. The average Bonchev–Trinajstić information content (AvgIpc) is 2.81. The van der Waals surface area contributed by atoms with Gasteiger partial charge >= 0.3 is 0 Å². The van der Waals surface area contributed by atoms with Crippen molar-refractivity contribution in [2.75, 3.05) is 20.1 Å². The molecule has 0 bridgehead atoms. The van der Waals surface area contributed by atoms with Crippen LogP contribution in [0.1, 0.15) is 35.7 Å². The number of amides is 2. The van der Waals surface area contributed by atoms with Crippen molar-refractivity contribution in [2.45, 2.75) is 32.2 Å². The first-order chi connectivity index (χ1) is 10.1. The first-order valence-corrected chi connectivity index (χ1v) is 7.62. The smallest absolute Gasteiger partial charge is 0.254 e. The lowest BCUT2D eigenvalue weighted by Gasteiger charge is -2.36. The van der Waals surface area contributed by atoms with Crippen molar-refractivity contribution in [3.05, 3.63) is 29.6 Å². The van der Waals surface area contributed by atoms with Gasteiger partial charge < -0.3 is 9.80 Å². The van der Waals surface area contributed by atoms with Crippen LogP contribution in [0.5, 0.6) is 0 Å². The van der Waals surface area contributed by atoms with Crippen molar-refractivity contribution in [3.8, 4) is 0 Å². The van der Waals surface area contributed by atoms with Crippen LogP contribution in [0, 0.1) is 5.92 Å². The van der Waals surface area contributed by atoms with Crippen molar-refractivity contribution in [2.24, 2.45) is 5.92 Å². The second-order valence-electron chi connectivity index (χ2n) is 5.92. The van der Waals surface area contributed by atoms with Crippen LogP contribution in [-0.4, -0.2) is 52.8 Å². The van der Waals surface area contributed by atoms with E-state index in [1.807, 2.05) is 18.9 Å². The van der Waals surface area contributed by atoms with Crippen molar-refractivity contribution in [3.63, 3.8) is 0 Å². The summed E-state index contributed by atoms with van der Waals surface area (Å²) < 4.78 is 0. The van der Waals surface area contributed by atoms with Gasteiger partial charge in [-0.1, -0.05) is 6.92 Å². The molecule has 5 nitrogen and oxygen atoms in total. The summed E-state index contributed by atoms with van der Waals surface area (Å²) in [5.41, 5.74) is 1.71. The Morgan fingerprint density at radius 3 is 3.05 bits per heavy atom. The fraction of sp³-hybridized carbons (Fsp3) is 0.562. The van der Waals surface area contributed by atoms with E-state index in [0.717, 1.165) is 36.9 Å². The number of nitrogens with zero attached hydrogens (tertiary/aromatic N) is 3. The maximum absolute atomic E-state index is 12.9. The molecule has 0 unspecified atom stereocenters. The van der Waals surface area contributed by atoms with Gasteiger partial charge in [-0.25, -0.2) is 0 Å². The highest BCUT2D eigenvalue weighted by Gasteiger charge is 2.45. The fourth-order valence-electron chi connectivity index (χ4n) is 3.55. The van der Waals surface area contributed by atoms with Crippen LogP contribution in [0.25, 0.3) is 0 Å². The van der Waals surface area contributed by atoms with Gasteiger partial charge in [0, 0.05) is 38.1 Å². The first-order valence-electron chi connectivity index (χ1n) is 7.62. The van der Waals surface area contributed by atoms with Crippen LogP contribution in [0.2, 0.25) is 0 Å². The molecule has 0 N–H and O–H groups in total. The summed E-state index contributed by atoms with van der Waals surface area (Å²) in [5.74, 6) is 0.217. The third kappa shape index (κ3) is 2.30. The number of rotatable bonds is 2. The molecule has 2 fully saturated rings. The highest BCUT2D eigenvalue weighted by molar-refractivity contribution is 5.96. The van der Waals surface area contributed by atoms with Crippen LogP contribution in [0.15, 0.2) is 18.5 Å². The molecule has 0 saturated carbocycles. The Bertz CT molecular complexity index is 572. The summed E-state index contributed by atoms with van der Waals surface area (Å²) >= 11 is 0. The molecular formula is C16H21N3O2. The number of aryl methyl sites for hydroxylation is 1. The number of carbonyl (C=O) groups excluding carboxylic acids is 2. The molecule has 1 aromatic heterocycles. The molecule has 0 radical (unpaired) electrons. The maximum Gasteiger partial charge on any atom is 0.254 e. The van der Waals surface area contributed by atoms with Crippen molar-refractivity contribution in [1.82, 2.24) is 14.8 Å². The van der Waals surface area contributed by atoms with Gasteiger partial charge in [0.15, 0.2) is 0 Å². The zero-order valence-electron chi connectivity index (χ0n) is 12.6. The minimum Gasteiger partial charge on any atom is -0.343 e. The molecule has 2 amide bonds. The second-order valence-corrected chi connectivity index (χ2v) is 5.92. The normalized spacial score (nSPS) is 25.1. The molecule has 3 heterocycles. The summed E-state index contributed by atoms with van der Waals surface area (Å²) in [6.07, 6.45) is 6.02. The summed E-state index contributed by atoms with van der Waals surface area (Å²) in [6, 6.07) is 1.83. The molecule has 21 heavy (non-hydrogen) atoms. The molecule has 2 aliphatic rings. The topological polar surface area (TPSA) is 53.5 Å². The van der Waals surface area contributed by atoms with Crippen LogP contribution in [-0.2, 0) is 11.2 Å². The Labute approximate surface area is 124 Å². The zero-order chi connectivity index (χ0) is 15.0. The Hall–Kier alpha value is -1.91. The number of pyridine rings is 1. The van der Waals surface area contributed by atoms with Gasteiger partial charge in [-0.2, -0.15) is 0 Å². The molecule has 2 atom stereocenters. The maximum atomic E-state index is 12.9. The van der Waals surface area contributed by atoms with E-state index >= 15 is 0 Å². The zero-order valence-corrected chi connectivity index (χ0v) is 12.6. The number of carbonyl (C=O) groups is 2. The number of piperidine rings is 1. The molecule has 3 rings (SSSR count). The quantitative estimate of drug-likeness (QED) is 0.825. The third-order valence-electron chi connectivity index (χ3n) is 4.71. The number of fused-ring (bicyclic) bond motifs is 1. The van der Waals surface area contributed by atoms with Gasteiger partial charge in [0.1, 0.15) is 0 Å². The van der Waals surface area contributed by atoms with Crippen molar-refractivity contribution >= 4 is 11.8 Å². The van der Waals surface area contributed by atoms with Gasteiger partial charge in [-0.15, -0.1) is 0 Å². The lowest BCUT2D eigenvalue weighted by atomic mass is 9.90. The molecule has 1 aromatic rings. The van der Waals surface area contributed by atoms with E-state index < -0.39 is 0 Å². The van der Waals surface area contributed by atoms with Gasteiger partial charge in [0.05, 0.1) is 12.0 Å². The van der Waals surface area contributed by atoms with Crippen molar-refractivity contribution < 1.29 is 9.59 Å². The van der Waals surface area contributed by atoms with Crippen LogP contribution in [0.3, 0.4) is 0 Å². The van der Waals surface area contributed by atoms with E-state index in [1.165, 1.54) is 0 Å². The second kappa shape index (κ2) is 5.47. The van der Waals surface area contributed by atoms with Gasteiger partial charge in [-0.3, -0.25) is 14.6 Å². The van der Waals surface area contributed by atoms with Crippen LogP contribution < -0.4 is 0 Å². The molecule has 2 aliphatic heterocycles. The minimum atomic E-state index is -0.0142. The molecule has 0 spiro atoms. The lowest BCUT2D eigenvalue weighted by molar-refractivity contribution is -0.130. The summed E-state index contributed by atoms with van der Waals surface area (Å²) in [7, 11) is 1.83. The molecule has 0 aliphatic carbocycles. The number of likely N-dealkylation sites (tertiary alicyclic amines) is 2. The monoisotopic (exact) mass is 287 g/mol. The number of hydrogen-bond acceptors (Lipinski definition) is 3. The average molecular weight is 287 g/mol.